The van der Waals surface area contributed by atoms with E-state index in [9.17, 15) is 0 Å². The molecule has 1 aromatic carbocycles. The lowest BCUT2D eigenvalue weighted by atomic mass is 9.95. The summed E-state index contributed by atoms with van der Waals surface area (Å²) >= 11 is 7.81. The largest absolute Gasteiger partial charge is 0.313 e. The molecule has 0 bridgehead atoms. The normalized spacial score (nSPS) is 12.9. The Hall–Kier alpha value is -0.180. The molecule has 1 N–H and O–H groups in total. The Bertz CT molecular complexity index is 322. The molecule has 0 radical (unpaired) electrons. The van der Waals surface area contributed by atoms with Crippen LogP contribution in [0.4, 0.5) is 0 Å². The molecule has 0 amide bonds. The van der Waals surface area contributed by atoms with Crippen LogP contribution >= 0.6 is 23.4 Å². The molecule has 1 rings (SSSR count). The minimum absolute atomic E-state index is 0.602. The van der Waals surface area contributed by atoms with E-state index in [-0.39, 0.29) is 0 Å². The number of nitrogens with one attached hydrogen (secondary N) is 1. The van der Waals surface area contributed by atoms with E-state index in [1.165, 1.54) is 17.7 Å². The lowest BCUT2D eigenvalue weighted by Crippen LogP contribution is -2.37. The molecule has 0 saturated carbocycles. The molecule has 0 aromatic heterocycles. The molecule has 0 aliphatic carbocycles. The summed E-state index contributed by atoms with van der Waals surface area (Å²) in [5.41, 5.74) is 0. The number of benzene rings is 1. The van der Waals surface area contributed by atoms with Crippen molar-refractivity contribution < 1.29 is 0 Å². The Morgan fingerprint density at radius 2 is 1.72 bits per heavy atom. The number of thioether (sulfide) groups is 1. The molecule has 3 heteroatoms. The zero-order valence-corrected chi connectivity index (χ0v) is 13.2. The van der Waals surface area contributed by atoms with Gasteiger partial charge in [0.05, 0.1) is 0 Å². The van der Waals surface area contributed by atoms with Crippen molar-refractivity contribution in [3.8, 4) is 0 Å². The van der Waals surface area contributed by atoms with Crippen LogP contribution in [0.5, 0.6) is 0 Å². The van der Waals surface area contributed by atoms with Crippen molar-refractivity contribution >= 4 is 23.4 Å². The summed E-state index contributed by atoms with van der Waals surface area (Å²) in [6.45, 7) is 7.79. The fraction of sp³-hybridized carbons (Fsp3) is 0.600. The Morgan fingerprint density at radius 1 is 1.11 bits per heavy atom. The van der Waals surface area contributed by atoms with E-state index in [2.05, 4.69) is 38.2 Å². The van der Waals surface area contributed by atoms with Gasteiger partial charge in [0, 0.05) is 21.7 Å². The summed E-state index contributed by atoms with van der Waals surface area (Å²) in [7, 11) is 0. The number of hydrogen-bond acceptors (Lipinski definition) is 2. The van der Waals surface area contributed by atoms with E-state index in [1.807, 2.05) is 23.9 Å². The molecule has 0 saturated heterocycles. The maximum Gasteiger partial charge on any atom is 0.0406 e. The lowest BCUT2D eigenvalue weighted by molar-refractivity contribution is 0.365. The smallest absolute Gasteiger partial charge is 0.0406 e. The fourth-order valence-corrected chi connectivity index (χ4v) is 3.41. The molecule has 18 heavy (non-hydrogen) atoms. The van der Waals surface area contributed by atoms with Crippen LogP contribution in [-0.4, -0.2) is 18.3 Å². The summed E-state index contributed by atoms with van der Waals surface area (Å²) < 4.78 is 0. The third-order valence-electron chi connectivity index (χ3n) is 3.33. The monoisotopic (exact) mass is 285 g/mol. The first-order valence-electron chi connectivity index (χ1n) is 6.82. The van der Waals surface area contributed by atoms with Crippen molar-refractivity contribution in [1.29, 1.82) is 0 Å². The van der Waals surface area contributed by atoms with Crippen LogP contribution < -0.4 is 5.32 Å². The summed E-state index contributed by atoms with van der Waals surface area (Å²) in [6, 6.07) is 8.73. The van der Waals surface area contributed by atoms with Crippen molar-refractivity contribution in [2.24, 2.45) is 5.92 Å². The van der Waals surface area contributed by atoms with Gasteiger partial charge in [-0.3, -0.25) is 0 Å². The van der Waals surface area contributed by atoms with Crippen LogP contribution in [0.15, 0.2) is 29.2 Å². The Kier molecular flexibility index (Phi) is 7.80. The summed E-state index contributed by atoms with van der Waals surface area (Å²) in [6.07, 6.45) is 2.49. The van der Waals surface area contributed by atoms with Crippen LogP contribution in [0.25, 0.3) is 0 Å². The average molecular weight is 286 g/mol. The zero-order chi connectivity index (χ0) is 13.4. The fourth-order valence-electron chi connectivity index (χ4n) is 2.20. The van der Waals surface area contributed by atoms with Gasteiger partial charge in [-0.1, -0.05) is 45.2 Å². The quantitative estimate of drug-likeness (QED) is 0.686. The van der Waals surface area contributed by atoms with Gasteiger partial charge in [-0.25, -0.2) is 0 Å². The summed E-state index contributed by atoms with van der Waals surface area (Å²) in [5.74, 6) is 1.90. The molecule has 0 aliphatic rings. The third kappa shape index (κ3) is 5.21. The summed E-state index contributed by atoms with van der Waals surface area (Å²) in [5, 5.41) is 4.43. The van der Waals surface area contributed by atoms with Crippen LogP contribution in [0.1, 0.15) is 33.6 Å². The minimum Gasteiger partial charge on any atom is -0.313 e. The van der Waals surface area contributed by atoms with E-state index < -0.39 is 0 Å². The molecule has 1 nitrogen and oxygen atoms in total. The van der Waals surface area contributed by atoms with Crippen LogP contribution in [0, 0.1) is 5.92 Å². The first-order valence-corrected chi connectivity index (χ1v) is 8.19. The van der Waals surface area contributed by atoms with Gasteiger partial charge in [0.2, 0.25) is 0 Å². The van der Waals surface area contributed by atoms with Gasteiger partial charge in [-0.05, 0) is 36.7 Å². The number of halogens is 1. The number of rotatable bonds is 8. The van der Waals surface area contributed by atoms with Crippen LogP contribution in [-0.2, 0) is 0 Å². The molecular weight excluding hydrogens is 262 g/mol. The topological polar surface area (TPSA) is 12.0 Å². The van der Waals surface area contributed by atoms with Gasteiger partial charge in [0.25, 0.3) is 0 Å². The Morgan fingerprint density at radius 3 is 2.22 bits per heavy atom. The van der Waals surface area contributed by atoms with Crippen molar-refractivity contribution in [1.82, 2.24) is 5.32 Å². The second-order valence-corrected chi connectivity index (χ2v) is 6.04. The minimum atomic E-state index is 0.602. The molecule has 1 aromatic rings. The van der Waals surface area contributed by atoms with Crippen LogP contribution in [0.3, 0.4) is 0 Å². The molecule has 102 valence electrons. The van der Waals surface area contributed by atoms with Gasteiger partial charge in [-0.15, -0.1) is 11.8 Å². The molecule has 0 heterocycles. The van der Waals surface area contributed by atoms with Crippen LogP contribution in [0.2, 0.25) is 5.02 Å². The molecule has 1 atom stereocenters. The highest BCUT2D eigenvalue weighted by Crippen LogP contribution is 2.24. The van der Waals surface area contributed by atoms with Crippen molar-refractivity contribution in [3.63, 3.8) is 0 Å². The van der Waals surface area contributed by atoms with Crippen molar-refractivity contribution in [3.05, 3.63) is 29.3 Å². The van der Waals surface area contributed by atoms with Gasteiger partial charge in [-0.2, -0.15) is 0 Å². The van der Waals surface area contributed by atoms with Gasteiger partial charge >= 0.3 is 0 Å². The van der Waals surface area contributed by atoms with Gasteiger partial charge in [0.1, 0.15) is 0 Å². The average Bonchev–Trinajstić information content (AvgIpc) is 2.39. The molecule has 0 aliphatic heterocycles. The predicted octanol–water partition coefficient (Wildman–Crippen LogP) is 4.85. The summed E-state index contributed by atoms with van der Waals surface area (Å²) in [4.78, 5) is 1.30. The number of hydrogen-bond donors (Lipinski definition) is 1. The van der Waals surface area contributed by atoms with Gasteiger partial charge in [0.15, 0.2) is 0 Å². The van der Waals surface area contributed by atoms with Crippen molar-refractivity contribution in [2.45, 2.75) is 44.6 Å². The third-order valence-corrected chi connectivity index (χ3v) is 4.71. The van der Waals surface area contributed by atoms with E-state index in [1.54, 1.807) is 0 Å². The molecule has 1 unspecified atom stereocenters. The first-order chi connectivity index (χ1) is 8.71. The first kappa shape index (κ1) is 15.9. The van der Waals surface area contributed by atoms with Crippen molar-refractivity contribution in [2.75, 3.05) is 12.3 Å². The maximum absolute atomic E-state index is 5.90. The SMILES string of the molecule is CCNC(CSc1ccc(Cl)cc1)C(CC)CC. The second-order valence-electron chi connectivity index (χ2n) is 4.51. The van der Waals surface area contributed by atoms with Gasteiger partial charge < -0.3 is 5.32 Å². The molecular formula is C15H24ClNS. The second kappa shape index (κ2) is 8.84. The van der Waals surface area contributed by atoms with E-state index in [4.69, 9.17) is 11.6 Å². The zero-order valence-electron chi connectivity index (χ0n) is 11.6. The molecule has 0 fully saturated rings. The van der Waals surface area contributed by atoms with E-state index in [0.717, 1.165) is 23.2 Å². The molecule has 0 spiro atoms. The maximum atomic E-state index is 5.90. The van der Waals surface area contributed by atoms with E-state index in [0.29, 0.717) is 6.04 Å². The predicted molar refractivity (Wildman–Crippen MR) is 83.7 cm³/mol. The lowest BCUT2D eigenvalue weighted by Gasteiger charge is -2.25. The van der Waals surface area contributed by atoms with E-state index >= 15 is 0 Å². The Labute approximate surface area is 121 Å². The highest BCUT2D eigenvalue weighted by molar-refractivity contribution is 7.99. The standard InChI is InChI=1S/C15H24ClNS/c1-4-12(5-2)15(17-6-3)11-18-14-9-7-13(16)8-10-14/h7-10,12,15,17H,4-6,11H2,1-3H3. The highest BCUT2D eigenvalue weighted by Gasteiger charge is 2.17. The highest BCUT2D eigenvalue weighted by atomic mass is 35.5. The Balaban J connectivity index is 2.53.